The number of carboxylic acids is 2. The van der Waals surface area contributed by atoms with E-state index < -0.39 is 17.9 Å². The van der Waals surface area contributed by atoms with E-state index in [0.29, 0.717) is 19.3 Å². The number of fused-ring (bicyclic) bond motifs is 4. The Kier molecular flexibility index (Phi) is 4.40. The highest BCUT2D eigenvalue weighted by Crippen LogP contribution is 2.62. The van der Waals surface area contributed by atoms with Gasteiger partial charge < -0.3 is 10.2 Å². The zero-order chi connectivity index (χ0) is 20.3. The molecular weight excluding hydrogens is 356 g/mol. The van der Waals surface area contributed by atoms with Gasteiger partial charge in [-0.3, -0.25) is 14.4 Å². The van der Waals surface area contributed by atoms with Crippen LogP contribution in [0.4, 0.5) is 0 Å². The fraction of sp³-hybridized carbons (Fsp3) is 0.609. The minimum absolute atomic E-state index is 0.105. The minimum atomic E-state index is -0.801. The van der Waals surface area contributed by atoms with Crippen molar-refractivity contribution < 1.29 is 24.6 Å². The van der Waals surface area contributed by atoms with Gasteiger partial charge in [-0.2, -0.15) is 0 Å². The van der Waals surface area contributed by atoms with Crippen LogP contribution in [0.5, 0.6) is 0 Å². The van der Waals surface area contributed by atoms with Gasteiger partial charge >= 0.3 is 11.9 Å². The largest absolute Gasteiger partial charge is 0.481 e. The quantitative estimate of drug-likeness (QED) is 0.705. The standard InChI is InChI=1S/C23H28O5/c1-22(9-7-19(25)26)8-6-15-17(22)3-4-18-20(15)16(21(27)28)12-13-11-14(24)5-10-23(13,18)2/h4,11,16,20H,3,5-10,12H2,1-2H3,(H,25,26)(H,27,28)/t16-,20-,22-,23+/m1/s1. The van der Waals surface area contributed by atoms with Crippen molar-refractivity contribution in [2.24, 2.45) is 22.7 Å². The molecule has 28 heavy (non-hydrogen) atoms. The molecule has 1 saturated carbocycles. The molecule has 0 aromatic rings. The summed E-state index contributed by atoms with van der Waals surface area (Å²) in [4.78, 5) is 35.3. The number of hydrogen-bond donors (Lipinski definition) is 2. The van der Waals surface area contributed by atoms with Crippen molar-refractivity contribution in [3.05, 3.63) is 34.4 Å². The lowest BCUT2D eigenvalue weighted by atomic mass is 9.53. The van der Waals surface area contributed by atoms with Gasteiger partial charge in [0.25, 0.3) is 0 Å². The number of carbonyl (C=O) groups excluding carboxylic acids is 1. The van der Waals surface area contributed by atoms with E-state index in [1.165, 1.54) is 16.7 Å². The number of carboxylic acid groups (broad SMARTS) is 2. The zero-order valence-electron chi connectivity index (χ0n) is 16.6. The molecule has 2 N–H and O–H groups in total. The van der Waals surface area contributed by atoms with E-state index in [9.17, 15) is 19.5 Å². The second-order valence-electron chi connectivity index (χ2n) is 9.42. The van der Waals surface area contributed by atoms with Crippen molar-refractivity contribution in [2.75, 3.05) is 0 Å². The lowest BCUT2D eigenvalue weighted by Gasteiger charge is -2.50. The predicted molar refractivity (Wildman–Crippen MR) is 104 cm³/mol. The van der Waals surface area contributed by atoms with E-state index in [1.807, 2.05) is 0 Å². The van der Waals surface area contributed by atoms with Gasteiger partial charge in [-0.25, -0.2) is 0 Å². The molecule has 150 valence electrons. The molecule has 5 heteroatoms. The van der Waals surface area contributed by atoms with Crippen molar-refractivity contribution in [3.63, 3.8) is 0 Å². The highest BCUT2D eigenvalue weighted by molar-refractivity contribution is 5.92. The van der Waals surface area contributed by atoms with Crippen LogP contribution in [0.25, 0.3) is 0 Å². The highest BCUT2D eigenvalue weighted by atomic mass is 16.4. The lowest BCUT2D eigenvalue weighted by Crippen LogP contribution is -2.43. The van der Waals surface area contributed by atoms with E-state index in [-0.39, 0.29) is 29.0 Å². The summed E-state index contributed by atoms with van der Waals surface area (Å²) in [7, 11) is 0. The third-order valence-corrected chi connectivity index (χ3v) is 7.90. The Morgan fingerprint density at radius 1 is 1.18 bits per heavy atom. The average molecular weight is 384 g/mol. The number of rotatable bonds is 4. The summed E-state index contributed by atoms with van der Waals surface area (Å²) in [5.41, 5.74) is 4.31. The monoisotopic (exact) mass is 384 g/mol. The van der Waals surface area contributed by atoms with Crippen molar-refractivity contribution in [1.29, 1.82) is 0 Å². The fourth-order valence-electron chi connectivity index (χ4n) is 6.19. The molecule has 0 spiro atoms. The second kappa shape index (κ2) is 6.43. The molecule has 0 bridgehead atoms. The Labute approximate surface area is 165 Å². The summed E-state index contributed by atoms with van der Waals surface area (Å²) in [5, 5.41) is 19.1. The first kappa shape index (κ1) is 19.2. The van der Waals surface area contributed by atoms with Gasteiger partial charge in [0.2, 0.25) is 0 Å². The number of allylic oxidation sites excluding steroid dienone is 6. The van der Waals surface area contributed by atoms with E-state index in [4.69, 9.17) is 5.11 Å². The van der Waals surface area contributed by atoms with E-state index in [1.54, 1.807) is 6.08 Å². The summed E-state index contributed by atoms with van der Waals surface area (Å²) in [6.45, 7) is 4.31. The Balaban J connectivity index is 1.76. The second-order valence-corrected chi connectivity index (χ2v) is 9.42. The molecule has 0 saturated heterocycles. The predicted octanol–water partition coefficient (Wildman–Crippen LogP) is 4.29. The molecule has 5 nitrogen and oxygen atoms in total. The summed E-state index contributed by atoms with van der Waals surface area (Å²) in [6.07, 6.45) is 8.89. The number of ketones is 1. The maximum Gasteiger partial charge on any atom is 0.307 e. The van der Waals surface area contributed by atoms with Crippen molar-refractivity contribution in [2.45, 2.75) is 65.2 Å². The Morgan fingerprint density at radius 2 is 1.93 bits per heavy atom. The van der Waals surface area contributed by atoms with Crippen molar-refractivity contribution >= 4 is 17.7 Å². The molecule has 0 radical (unpaired) electrons. The summed E-state index contributed by atoms with van der Waals surface area (Å²) < 4.78 is 0. The molecule has 0 aliphatic heterocycles. The molecule has 4 atom stereocenters. The molecule has 0 aromatic carbocycles. The van der Waals surface area contributed by atoms with Crippen molar-refractivity contribution in [1.82, 2.24) is 0 Å². The summed E-state index contributed by atoms with van der Waals surface area (Å²) in [5.74, 6) is -2.12. The van der Waals surface area contributed by atoms with Gasteiger partial charge in [-0.1, -0.05) is 42.2 Å². The minimum Gasteiger partial charge on any atom is -0.481 e. The number of hydrogen-bond acceptors (Lipinski definition) is 3. The van der Waals surface area contributed by atoms with E-state index >= 15 is 0 Å². The Bertz CT molecular complexity index is 860. The molecular formula is C23H28O5. The van der Waals surface area contributed by atoms with Crippen LogP contribution in [-0.4, -0.2) is 27.9 Å². The first-order valence-corrected chi connectivity index (χ1v) is 10.3. The molecule has 0 aromatic heterocycles. The molecule has 0 heterocycles. The maximum absolute atomic E-state index is 12.2. The van der Waals surface area contributed by atoms with E-state index in [2.05, 4.69) is 19.9 Å². The average Bonchev–Trinajstić information content (AvgIpc) is 2.98. The van der Waals surface area contributed by atoms with Crippen LogP contribution in [-0.2, 0) is 14.4 Å². The smallest absolute Gasteiger partial charge is 0.307 e. The fourth-order valence-corrected chi connectivity index (χ4v) is 6.19. The van der Waals surface area contributed by atoms with Gasteiger partial charge in [0.05, 0.1) is 5.92 Å². The van der Waals surface area contributed by atoms with Crippen LogP contribution in [0.3, 0.4) is 0 Å². The van der Waals surface area contributed by atoms with Crippen LogP contribution in [0.15, 0.2) is 34.4 Å². The molecule has 0 unspecified atom stereocenters. The number of aliphatic carboxylic acids is 2. The highest BCUT2D eigenvalue weighted by Gasteiger charge is 2.53. The maximum atomic E-state index is 12.2. The lowest BCUT2D eigenvalue weighted by molar-refractivity contribution is -0.143. The van der Waals surface area contributed by atoms with Crippen LogP contribution >= 0.6 is 0 Å². The first-order chi connectivity index (χ1) is 13.2. The van der Waals surface area contributed by atoms with Crippen molar-refractivity contribution in [3.8, 4) is 0 Å². The normalized spacial score (nSPS) is 36.9. The van der Waals surface area contributed by atoms with E-state index in [0.717, 1.165) is 31.3 Å². The Hall–Kier alpha value is -2.17. The first-order valence-electron chi connectivity index (χ1n) is 10.3. The third-order valence-electron chi connectivity index (χ3n) is 7.90. The van der Waals surface area contributed by atoms with Gasteiger partial charge in [-0.15, -0.1) is 0 Å². The number of carbonyl (C=O) groups is 3. The topological polar surface area (TPSA) is 91.7 Å². The Morgan fingerprint density at radius 3 is 2.61 bits per heavy atom. The van der Waals surface area contributed by atoms with Crippen LogP contribution in [0.2, 0.25) is 0 Å². The van der Waals surface area contributed by atoms with Crippen LogP contribution in [0, 0.1) is 22.7 Å². The summed E-state index contributed by atoms with van der Waals surface area (Å²) >= 11 is 0. The zero-order valence-corrected chi connectivity index (χ0v) is 16.6. The summed E-state index contributed by atoms with van der Waals surface area (Å²) in [6, 6.07) is 0. The van der Waals surface area contributed by atoms with Gasteiger partial charge in [-0.05, 0) is 50.0 Å². The van der Waals surface area contributed by atoms with Crippen LogP contribution in [0.1, 0.15) is 65.2 Å². The molecule has 4 aliphatic carbocycles. The van der Waals surface area contributed by atoms with Crippen LogP contribution < -0.4 is 0 Å². The molecule has 4 aliphatic rings. The van der Waals surface area contributed by atoms with Gasteiger partial charge in [0.1, 0.15) is 0 Å². The third kappa shape index (κ3) is 2.78. The molecule has 4 rings (SSSR count). The SMILES string of the molecule is C[C@]1(CCC(=O)O)CCC2=C1CC=C1[C@H]2[C@H](C(=O)O)CC2=CC(=O)CC[C@@]21C. The van der Waals surface area contributed by atoms with Gasteiger partial charge in [0, 0.05) is 24.2 Å². The molecule has 0 amide bonds. The molecule has 1 fully saturated rings. The van der Waals surface area contributed by atoms with Gasteiger partial charge in [0.15, 0.2) is 5.78 Å².